The molecular weight excluding hydrogens is 262 g/mol. The molecule has 0 bridgehead atoms. The number of rotatable bonds is 7. The van der Waals surface area contributed by atoms with Gasteiger partial charge in [-0.1, -0.05) is 6.42 Å². The van der Waals surface area contributed by atoms with E-state index in [4.69, 9.17) is 11.6 Å². The monoisotopic (exact) mass is 283 g/mol. The molecule has 6 heteroatoms. The summed E-state index contributed by atoms with van der Waals surface area (Å²) in [6.07, 6.45) is 3.79. The van der Waals surface area contributed by atoms with E-state index in [0.29, 0.717) is 12.4 Å². The van der Waals surface area contributed by atoms with Crippen LogP contribution in [0.3, 0.4) is 0 Å². The first-order valence-corrected chi connectivity index (χ1v) is 8.08. The Labute approximate surface area is 109 Å². The first-order chi connectivity index (χ1) is 7.64. The highest BCUT2D eigenvalue weighted by molar-refractivity contribution is 7.92. The lowest BCUT2D eigenvalue weighted by molar-refractivity contribution is -0.131. The fourth-order valence-electron chi connectivity index (χ4n) is 1.34. The summed E-state index contributed by atoms with van der Waals surface area (Å²) in [7, 11) is -1.76. The molecule has 0 fully saturated rings. The largest absolute Gasteiger partial charge is 0.344 e. The third kappa shape index (κ3) is 4.84. The molecule has 0 aromatic heterocycles. The Bertz CT molecular complexity index is 352. The lowest BCUT2D eigenvalue weighted by Crippen LogP contribution is -2.48. The summed E-state index contributed by atoms with van der Waals surface area (Å²) in [5, 5.41) is 0. The molecule has 17 heavy (non-hydrogen) atoms. The molecule has 0 aromatic carbocycles. The number of nitrogens with zero attached hydrogens (tertiary/aromatic N) is 1. The van der Waals surface area contributed by atoms with E-state index >= 15 is 0 Å². The molecular formula is C11H22ClNO3S. The van der Waals surface area contributed by atoms with Crippen LogP contribution < -0.4 is 0 Å². The van der Waals surface area contributed by atoms with Gasteiger partial charge >= 0.3 is 0 Å². The van der Waals surface area contributed by atoms with Gasteiger partial charge in [0.05, 0.1) is 0 Å². The number of amides is 1. The van der Waals surface area contributed by atoms with Crippen molar-refractivity contribution in [1.29, 1.82) is 0 Å². The minimum absolute atomic E-state index is 0.356. The molecule has 0 radical (unpaired) electrons. The van der Waals surface area contributed by atoms with Crippen molar-refractivity contribution in [2.75, 3.05) is 25.7 Å². The number of alkyl halides is 1. The molecule has 0 unspecified atom stereocenters. The van der Waals surface area contributed by atoms with E-state index in [9.17, 15) is 13.2 Å². The van der Waals surface area contributed by atoms with Crippen LogP contribution in [-0.2, 0) is 14.6 Å². The number of hydrogen-bond acceptors (Lipinski definition) is 3. The van der Waals surface area contributed by atoms with Crippen LogP contribution in [0.15, 0.2) is 0 Å². The Hall–Kier alpha value is -0.290. The Balaban J connectivity index is 4.41. The van der Waals surface area contributed by atoms with E-state index in [1.165, 1.54) is 18.7 Å². The van der Waals surface area contributed by atoms with Crippen LogP contribution in [0.2, 0.25) is 0 Å². The van der Waals surface area contributed by atoms with Crippen LogP contribution in [0, 0.1) is 0 Å². The van der Waals surface area contributed by atoms with E-state index < -0.39 is 14.6 Å². The summed E-state index contributed by atoms with van der Waals surface area (Å²) in [6, 6.07) is 0. The highest BCUT2D eigenvalue weighted by atomic mass is 35.5. The normalized spacial score (nSPS) is 12.5. The second-order valence-corrected chi connectivity index (χ2v) is 7.70. The van der Waals surface area contributed by atoms with Gasteiger partial charge in [0.1, 0.15) is 4.75 Å². The maximum absolute atomic E-state index is 12.0. The third-order valence-corrected chi connectivity index (χ3v) is 5.21. The molecule has 1 amide bonds. The maximum Gasteiger partial charge on any atom is 0.243 e. The van der Waals surface area contributed by atoms with Crippen molar-refractivity contribution in [3.05, 3.63) is 0 Å². The van der Waals surface area contributed by atoms with Crippen LogP contribution in [0.4, 0.5) is 0 Å². The minimum Gasteiger partial charge on any atom is -0.344 e. The van der Waals surface area contributed by atoms with Crippen molar-refractivity contribution in [2.24, 2.45) is 0 Å². The SMILES string of the molecule is CN(CCCCCCl)C(=O)C(C)(C)S(C)(=O)=O. The molecule has 4 nitrogen and oxygen atoms in total. The van der Waals surface area contributed by atoms with Crippen molar-refractivity contribution < 1.29 is 13.2 Å². The molecule has 0 saturated carbocycles. The van der Waals surface area contributed by atoms with E-state index in [1.54, 1.807) is 7.05 Å². The average molecular weight is 284 g/mol. The van der Waals surface area contributed by atoms with Crippen molar-refractivity contribution in [1.82, 2.24) is 4.90 Å². The van der Waals surface area contributed by atoms with Gasteiger partial charge in [0, 0.05) is 25.7 Å². The van der Waals surface area contributed by atoms with Crippen LogP contribution in [-0.4, -0.2) is 49.7 Å². The first kappa shape index (κ1) is 16.7. The summed E-state index contributed by atoms with van der Waals surface area (Å²) in [5.74, 6) is 0.262. The summed E-state index contributed by atoms with van der Waals surface area (Å²) in [5.41, 5.74) is 0. The van der Waals surface area contributed by atoms with Gasteiger partial charge in [0.15, 0.2) is 9.84 Å². The van der Waals surface area contributed by atoms with Gasteiger partial charge in [-0.2, -0.15) is 0 Å². The van der Waals surface area contributed by atoms with E-state index in [1.807, 2.05) is 0 Å². The summed E-state index contributed by atoms with van der Waals surface area (Å²) in [6.45, 7) is 3.45. The van der Waals surface area contributed by atoms with Gasteiger partial charge in [0.2, 0.25) is 5.91 Å². The smallest absolute Gasteiger partial charge is 0.243 e. The molecule has 0 aliphatic carbocycles. The van der Waals surface area contributed by atoms with Crippen molar-refractivity contribution >= 4 is 27.3 Å². The summed E-state index contributed by atoms with van der Waals surface area (Å²) >= 11 is 5.55. The van der Waals surface area contributed by atoms with Crippen molar-refractivity contribution in [3.8, 4) is 0 Å². The maximum atomic E-state index is 12.0. The lowest BCUT2D eigenvalue weighted by Gasteiger charge is -2.27. The van der Waals surface area contributed by atoms with Gasteiger partial charge in [-0.3, -0.25) is 4.79 Å². The zero-order valence-corrected chi connectivity index (χ0v) is 12.6. The van der Waals surface area contributed by atoms with Crippen LogP contribution in [0.5, 0.6) is 0 Å². The highest BCUT2D eigenvalue weighted by Crippen LogP contribution is 2.18. The second-order valence-electron chi connectivity index (χ2n) is 4.76. The highest BCUT2D eigenvalue weighted by Gasteiger charge is 2.40. The lowest BCUT2D eigenvalue weighted by atomic mass is 10.1. The van der Waals surface area contributed by atoms with Crippen LogP contribution >= 0.6 is 11.6 Å². The third-order valence-electron chi connectivity index (χ3n) is 2.92. The van der Waals surface area contributed by atoms with Gasteiger partial charge < -0.3 is 4.90 Å². The molecule has 102 valence electrons. The fourth-order valence-corrected chi connectivity index (χ4v) is 2.00. The molecule has 0 aliphatic rings. The van der Waals surface area contributed by atoms with Gasteiger partial charge in [-0.25, -0.2) is 8.42 Å². The molecule has 0 rings (SSSR count). The molecule has 0 atom stereocenters. The summed E-state index contributed by atoms with van der Waals surface area (Å²) in [4.78, 5) is 13.5. The number of unbranched alkanes of at least 4 members (excludes halogenated alkanes) is 2. The predicted molar refractivity (Wildman–Crippen MR) is 71.1 cm³/mol. The van der Waals surface area contributed by atoms with Crippen LogP contribution in [0.25, 0.3) is 0 Å². The minimum atomic E-state index is -3.39. The molecule has 0 aromatic rings. The first-order valence-electron chi connectivity index (χ1n) is 5.65. The number of halogens is 1. The zero-order valence-electron chi connectivity index (χ0n) is 11.0. The standard InChI is InChI=1S/C11H22ClNO3S/c1-11(2,17(4,15)16)10(14)13(3)9-7-5-6-8-12/h5-9H2,1-4H3. The van der Waals surface area contributed by atoms with Crippen molar-refractivity contribution in [2.45, 2.75) is 37.9 Å². The second kappa shape index (κ2) is 6.59. The van der Waals surface area contributed by atoms with E-state index in [0.717, 1.165) is 25.5 Å². The Kier molecular flexibility index (Phi) is 6.48. The number of hydrogen-bond donors (Lipinski definition) is 0. The Morgan fingerprint density at radius 1 is 1.24 bits per heavy atom. The van der Waals surface area contributed by atoms with Crippen LogP contribution in [0.1, 0.15) is 33.1 Å². The number of carbonyl (C=O) groups is 1. The van der Waals surface area contributed by atoms with E-state index in [2.05, 4.69) is 0 Å². The number of carbonyl (C=O) groups excluding carboxylic acids is 1. The fraction of sp³-hybridized carbons (Fsp3) is 0.909. The summed E-state index contributed by atoms with van der Waals surface area (Å²) < 4.78 is 21.7. The molecule has 0 N–H and O–H groups in total. The predicted octanol–water partition coefficient (Wildman–Crippen LogP) is 1.68. The molecule has 0 aliphatic heterocycles. The zero-order chi connectivity index (χ0) is 13.7. The Morgan fingerprint density at radius 2 is 1.76 bits per heavy atom. The van der Waals surface area contributed by atoms with Gasteiger partial charge in [-0.05, 0) is 26.7 Å². The van der Waals surface area contributed by atoms with Crippen molar-refractivity contribution in [3.63, 3.8) is 0 Å². The van der Waals surface area contributed by atoms with E-state index in [-0.39, 0.29) is 5.91 Å². The molecule has 0 saturated heterocycles. The quantitative estimate of drug-likeness (QED) is 0.528. The Morgan fingerprint density at radius 3 is 2.18 bits per heavy atom. The topological polar surface area (TPSA) is 54.5 Å². The molecule has 0 heterocycles. The number of sulfone groups is 1. The van der Waals surface area contributed by atoms with Gasteiger partial charge in [0.25, 0.3) is 0 Å². The molecule has 0 spiro atoms. The van der Waals surface area contributed by atoms with Gasteiger partial charge in [-0.15, -0.1) is 11.6 Å². The average Bonchev–Trinajstić information content (AvgIpc) is 2.21.